The number of rotatable bonds is 4. The van der Waals surface area contributed by atoms with Gasteiger partial charge in [0, 0.05) is 11.7 Å². The van der Waals surface area contributed by atoms with Gasteiger partial charge in [-0.05, 0) is 43.1 Å². The number of nitrogens with one attached hydrogen (secondary N) is 1. The molecule has 0 radical (unpaired) electrons. The molecule has 2 rings (SSSR count). The van der Waals surface area contributed by atoms with Crippen molar-refractivity contribution in [1.82, 2.24) is 0 Å². The van der Waals surface area contributed by atoms with Gasteiger partial charge in [0.2, 0.25) is 0 Å². The van der Waals surface area contributed by atoms with E-state index in [2.05, 4.69) is 5.32 Å². The van der Waals surface area contributed by atoms with E-state index in [1.165, 1.54) is 12.1 Å². The molecule has 1 fully saturated rings. The Bertz CT molecular complexity index is 531. The lowest BCUT2D eigenvalue weighted by Crippen LogP contribution is -2.21. The SMILES string of the molecule is NCCc1cc(F)ccc1NC1CCS(=O)(=O)C1. The van der Waals surface area contributed by atoms with Crippen LogP contribution < -0.4 is 11.1 Å². The van der Waals surface area contributed by atoms with Gasteiger partial charge in [0.25, 0.3) is 0 Å². The number of sulfone groups is 1. The van der Waals surface area contributed by atoms with E-state index in [0.29, 0.717) is 19.4 Å². The number of benzene rings is 1. The number of halogens is 1. The monoisotopic (exact) mass is 272 g/mol. The van der Waals surface area contributed by atoms with Crippen LogP contribution >= 0.6 is 0 Å². The number of hydrogen-bond donors (Lipinski definition) is 2. The second kappa shape index (κ2) is 5.24. The Morgan fingerprint density at radius 3 is 2.83 bits per heavy atom. The summed E-state index contributed by atoms with van der Waals surface area (Å²) in [4.78, 5) is 0. The molecule has 0 amide bonds. The first-order chi connectivity index (χ1) is 8.50. The van der Waals surface area contributed by atoms with Crippen LogP contribution in [0.25, 0.3) is 0 Å². The molecule has 1 saturated heterocycles. The molecule has 1 unspecified atom stereocenters. The maximum atomic E-state index is 13.1. The first-order valence-electron chi connectivity index (χ1n) is 5.95. The van der Waals surface area contributed by atoms with Crippen LogP contribution in [0, 0.1) is 5.82 Å². The van der Waals surface area contributed by atoms with Gasteiger partial charge in [-0.15, -0.1) is 0 Å². The van der Waals surface area contributed by atoms with Crippen molar-refractivity contribution in [3.8, 4) is 0 Å². The molecule has 0 saturated carbocycles. The highest BCUT2D eigenvalue weighted by Gasteiger charge is 2.28. The molecule has 0 aliphatic carbocycles. The van der Waals surface area contributed by atoms with Crippen molar-refractivity contribution in [1.29, 1.82) is 0 Å². The van der Waals surface area contributed by atoms with Crippen molar-refractivity contribution in [2.24, 2.45) is 5.73 Å². The van der Waals surface area contributed by atoms with Crippen LogP contribution in [0.3, 0.4) is 0 Å². The normalized spacial score (nSPS) is 22.0. The summed E-state index contributed by atoms with van der Waals surface area (Å²) >= 11 is 0. The zero-order chi connectivity index (χ0) is 13.2. The third kappa shape index (κ3) is 3.20. The van der Waals surface area contributed by atoms with E-state index in [1.807, 2.05) is 0 Å². The average Bonchev–Trinajstić information content (AvgIpc) is 2.62. The van der Waals surface area contributed by atoms with Crippen LogP contribution in [-0.4, -0.2) is 32.5 Å². The van der Waals surface area contributed by atoms with Crippen LogP contribution in [0.15, 0.2) is 18.2 Å². The Balaban J connectivity index is 2.14. The fourth-order valence-electron chi connectivity index (χ4n) is 2.19. The van der Waals surface area contributed by atoms with E-state index >= 15 is 0 Å². The Morgan fingerprint density at radius 1 is 1.44 bits per heavy atom. The molecule has 1 aromatic rings. The average molecular weight is 272 g/mol. The number of hydrogen-bond acceptors (Lipinski definition) is 4. The molecule has 0 bridgehead atoms. The molecule has 1 atom stereocenters. The van der Waals surface area contributed by atoms with Crippen molar-refractivity contribution < 1.29 is 12.8 Å². The molecule has 1 aliphatic heterocycles. The van der Waals surface area contributed by atoms with Gasteiger partial charge in [0.1, 0.15) is 5.82 Å². The van der Waals surface area contributed by atoms with Gasteiger partial charge in [-0.25, -0.2) is 12.8 Å². The predicted octanol–water partition coefficient (Wildman–Crippen LogP) is 0.926. The molecule has 4 nitrogen and oxygen atoms in total. The summed E-state index contributed by atoms with van der Waals surface area (Å²) < 4.78 is 35.9. The molecule has 1 aliphatic rings. The first-order valence-corrected chi connectivity index (χ1v) is 7.78. The summed E-state index contributed by atoms with van der Waals surface area (Å²) in [5, 5.41) is 3.18. The molecule has 3 N–H and O–H groups in total. The zero-order valence-corrected chi connectivity index (χ0v) is 10.8. The summed E-state index contributed by atoms with van der Waals surface area (Å²) in [6.07, 6.45) is 1.17. The maximum absolute atomic E-state index is 13.1. The van der Waals surface area contributed by atoms with Crippen LogP contribution in [0.2, 0.25) is 0 Å². The van der Waals surface area contributed by atoms with Gasteiger partial charge in [-0.1, -0.05) is 0 Å². The Labute approximate surface area is 106 Å². The minimum absolute atomic E-state index is 0.0861. The third-order valence-electron chi connectivity index (χ3n) is 3.07. The van der Waals surface area contributed by atoms with E-state index in [1.54, 1.807) is 6.07 Å². The van der Waals surface area contributed by atoms with Crippen molar-refractivity contribution in [2.75, 3.05) is 23.4 Å². The van der Waals surface area contributed by atoms with Crippen LogP contribution in [-0.2, 0) is 16.3 Å². The third-order valence-corrected chi connectivity index (χ3v) is 4.84. The molecule has 1 heterocycles. The molecular weight excluding hydrogens is 255 g/mol. The van der Waals surface area contributed by atoms with E-state index in [4.69, 9.17) is 5.73 Å². The van der Waals surface area contributed by atoms with Gasteiger partial charge >= 0.3 is 0 Å². The predicted molar refractivity (Wildman–Crippen MR) is 69.8 cm³/mol. The zero-order valence-electron chi connectivity index (χ0n) is 10.0. The van der Waals surface area contributed by atoms with Crippen molar-refractivity contribution in [3.05, 3.63) is 29.6 Å². The molecule has 18 heavy (non-hydrogen) atoms. The second-order valence-electron chi connectivity index (χ2n) is 4.58. The Hall–Kier alpha value is -1.14. The van der Waals surface area contributed by atoms with Crippen LogP contribution in [0.4, 0.5) is 10.1 Å². The maximum Gasteiger partial charge on any atom is 0.152 e. The van der Waals surface area contributed by atoms with E-state index in [9.17, 15) is 12.8 Å². The quantitative estimate of drug-likeness (QED) is 0.855. The molecule has 0 aromatic heterocycles. The van der Waals surface area contributed by atoms with E-state index < -0.39 is 9.84 Å². The lowest BCUT2D eigenvalue weighted by molar-refractivity contribution is 0.601. The van der Waals surface area contributed by atoms with Crippen LogP contribution in [0.1, 0.15) is 12.0 Å². The lowest BCUT2D eigenvalue weighted by Gasteiger charge is -2.16. The Kier molecular flexibility index (Phi) is 3.87. The summed E-state index contributed by atoms with van der Waals surface area (Å²) in [6.45, 7) is 0.432. The molecule has 0 spiro atoms. The summed E-state index contributed by atoms with van der Waals surface area (Å²) in [5.41, 5.74) is 7.06. The highest BCUT2D eigenvalue weighted by molar-refractivity contribution is 7.91. The van der Waals surface area contributed by atoms with Gasteiger partial charge in [-0.2, -0.15) is 0 Å². The molecule has 1 aromatic carbocycles. The minimum Gasteiger partial charge on any atom is -0.381 e. The summed E-state index contributed by atoms with van der Waals surface area (Å²) in [7, 11) is -2.91. The van der Waals surface area contributed by atoms with Gasteiger partial charge in [0.05, 0.1) is 11.5 Å². The Morgan fingerprint density at radius 2 is 2.22 bits per heavy atom. The largest absolute Gasteiger partial charge is 0.381 e. The van der Waals surface area contributed by atoms with Gasteiger partial charge in [0.15, 0.2) is 9.84 Å². The topological polar surface area (TPSA) is 72.2 Å². The molecular formula is C12H17FN2O2S. The summed E-state index contributed by atoms with van der Waals surface area (Å²) in [5.74, 6) is 0.0629. The van der Waals surface area contributed by atoms with Crippen LogP contribution in [0.5, 0.6) is 0 Å². The van der Waals surface area contributed by atoms with Crippen molar-refractivity contribution in [3.63, 3.8) is 0 Å². The summed E-state index contributed by atoms with van der Waals surface area (Å²) in [6, 6.07) is 4.37. The molecule has 100 valence electrons. The second-order valence-corrected chi connectivity index (χ2v) is 6.81. The van der Waals surface area contributed by atoms with E-state index in [0.717, 1.165) is 11.3 Å². The fourth-order valence-corrected chi connectivity index (χ4v) is 3.87. The fraction of sp³-hybridized carbons (Fsp3) is 0.500. The number of nitrogens with two attached hydrogens (primary N) is 1. The highest BCUT2D eigenvalue weighted by atomic mass is 32.2. The van der Waals surface area contributed by atoms with Gasteiger partial charge < -0.3 is 11.1 Å². The first kappa shape index (κ1) is 13.3. The van der Waals surface area contributed by atoms with Crippen molar-refractivity contribution >= 4 is 15.5 Å². The minimum atomic E-state index is -2.91. The lowest BCUT2D eigenvalue weighted by atomic mass is 10.1. The van der Waals surface area contributed by atoms with Gasteiger partial charge in [-0.3, -0.25) is 0 Å². The highest BCUT2D eigenvalue weighted by Crippen LogP contribution is 2.22. The standard InChI is InChI=1S/C12H17FN2O2S/c13-10-1-2-12(9(7-10)3-5-14)15-11-4-6-18(16,17)8-11/h1-2,7,11,15H,3-6,8,14H2. The number of anilines is 1. The van der Waals surface area contributed by atoms with Crippen molar-refractivity contribution in [2.45, 2.75) is 18.9 Å². The molecule has 6 heteroatoms. The smallest absolute Gasteiger partial charge is 0.152 e. The van der Waals surface area contributed by atoms with E-state index in [-0.39, 0.29) is 23.4 Å².